The number of piperidine rings is 1. The highest BCUT2D eigenvalue weighted by Gasteiger charge is 2.37. The van der Waals surface area contributed by atoms with Gasteiger partial charge in [-0.1, -0.05) is 0 Å². The van der Waals surface area contributed by atoms with E-state index >= 15 is 0 Å². The van der Waals surface area contributed by atoms with Crippen molar-refractivity contribution in [1.29, 1.82) is 0 Å². The van der Waals surface area contributed by atoms with E-state index < -0.39 is 17.9 Å². The molecule has 7 nitrogen and oxygen atoms in total. The van der Waals surface area contributed by atoms with Crippen molar-refractivity contribution < 1.29 is 19.5 Å². The number of urea groups is 1. The van der Waals surface area contributed by atoms with Crippen molar-refractivity contribution >= 4 is 17.9 Å². The van der Waals surface area contributed by atoms with E-state index in [0.29, 0.717) is 32.4 Å². The van der Waals surface area contributed by atoms with E-state index in [1.54, 1.807) is 16.8 Å². The second-order valence-corrected chi connectivity index (χ2v) is 5.37. The van der Waals surface area contributed by atoms with Crippen molar-refractivity contribution in [3.8, 4) is 0 Å². The molecule has 20 heavy (non-hydrogen) atoms. The Hall–Kier alpha value is -1.79. The van der Waals surface area contributed by atoms with E-state index in [-0.39, 0.29) is 18.5 Å². The van der Waals surface area contributed by atoms with Crippen molar-refractivity contribution in [2.45, 2.75) is 31.7 Å². The summed E-state index contributed by atoms with van der Waals surface area (Å²) in [4.78, 5) is 38.4. The average Bonchev–Trinajstić information content (AvgIpc) is 2.95. The molecule has 2 atom stereocenters. The average molecular weight is 283 g/mol. The highest BCUT2D eigenvalue weighted by Crippen LogP contribution is 2.23. The van der Waals surface area contributed by atoms with E-state index in [1.807, 2.05) is 0 Å². The summed E-state index contributed by atoms with van der Waals surface area (Å²) in [5, 5.41) is 11.6. The molecule has 0 saturated carbocycles. The highest BCUT2D eigenvalue weighted by molar-refractivity contribution is 5.87. The van der Waals surface area contributed by atoms with Gasteiger partial charge in [-0.25, -0.2) is 4.79 Å². The van der Waals surface area contributed by atoms with Crippen LogP contribution in [0.1, 0.15) is 25.7 Å². The first-order valence-electron chi connectivity index (χ1n) is 7.04. The third-order valence-electron chi connectivity index (χ3n) is 4.09. The van der Waals surface area contributed by atoms with Gasteiger partial charge in [0, 0.05) is 26.7 Å². The van der Waals surface area contributed by atoms with Crippen molar-refractivity contribution in [2.75, 3.05) is 26.7 Å². The van der Waals surface area contributed by atoms with Crippen LogP contribution in [-0.4, -0.2) is 65.5 Å². The molecule has 0 aromatic carbocycles. The molecule has 0 aromatic rings. The fourth-order valence-corrected chi connectivity index (χ4v) is 2.97. The summed E-state index contributed by atoms with van der Waals surface area (Å²) < 4.78 is 0. The first kappa shape index (κ1) is 14.6. The summed E-state index contributed by atoms with van der Waals surface area (Å²) >= 11 is 0. The molecule has 2 unspecified atom stereocenters. The van der Waals surface area contributed by atoms with E-state index in [9.17, 15) is 14.4 Å². The van der Waals surface area contributed by atoms with Gasteiger partial charge in [0.05, 0.1) is 5.92 Å². The molecule has 0 bridgehead atoms. The second kappa shape index (κ2) is 6.11. The fourth-order valence-electron chi connectivity index (χ4n) is 2.97. The lowest BCUT2D eigenvalue weighted by Gasteiger charge is -2.35. The Morgan fingerprint density at radius 1 is 1.15 bits per heavy atom. The van der Waals surface area contributed by atoms with Crippen LogP contribution >= 0.6 is 0 Å². The summed E-state index contributed by atoms with van der Waals surface area (Å²) in [6, 6.07) is -0.625. The quantitative estimate of drug-likeness (QED) is 0.753. The number of aliphatic carboxylic acids is 1. The molecule has 2 aliphatic heterocycles. The van der Waals surface area contributed by atoms with Crippen LogP contribution in [0, 0.1) is 5.92 Å². The number of carboxylic acid groups (broad SMARTS) is 1. The Labute approximate surface area is 117 Å². The van der Waals surface area contributed by atoms with Crippen molar-refractivity contribution in [1.82, 2.24) is 15.1 Å². The Morgan fingerprint density at radius 2 is 1.85 bits per heavy atom. The summed E-state index contributed by atoms with van der Waals surface area (Å²) in [6.07, 6.45) is 2.78. The summed E-state index contributed by atoms with van der Waals surface area (Å²) in [6.45, 7) is 1.37. The lowest BCUT2D eigenvalue weighted by Crippen LogP contribution is -2.53. The first-order chi connectivity index (χ1) is 9.54. The number of amides is 3. The van der Waals surface area contributed by atoms with Crippen LogP contribution in [0.4, 0.5) is 4.79 Å². The van der Waals surface area contributed by atoms with Crippen molar-refractivity contribution in [3.05, 3.63) is 0 Å². The molecule has 2 N–H and O–H groups in total. The normalized spacial score (nSPS) is 26.4. The standard InChI is InChI=1S/C13H21N3O4/c1-14-11(17)10-5-3-7-16(10)13(20)15-6-2-4-9(8-15)12(18)19/h9-10H,2-8H2,1H3,(H,14,17)(H,18,19). The Morgan fingerprint density at radius 3 is 2.50 bits per heavy atom. The molecule has 0 aromatic heterocycles. The molecule has 2 rings (SSSR count). The van der Waals surface area contributed by atoms with Gasteiger partial charge in [-0.2, -0.15) is 0 Å². The third-order valence-corrected chi connectivity index (χ3v) is 4.09. The molecule has 3 amide bonds. The molecule has 2 saturated heterocycles. The topological polar surface area (TPSA) is 90.0 Å². The van der Waals surface area contributed by atoms with E-state index in [4.69, 9.17) is 5.11 Å². The van der Waals surface area contributed by atoms with E-state index in [2.05, 4.69) is 5.32 Å². The first-order valence-corrected chi connectivity index (χ1v) is 7.04. The molecule has 2 heterocycles. The smallest absolute Gasteiger partial charge is 0.320 e. The number of hydrogen-bond donors (Lipinski definition) is 2. The predicted octanol–water partition coefficient (Wildman–Crippen LogP) is 0.113. The highest BCUT2D eigenvalue weighted by atomic mass is 16.4. The molecule has 2 aliphatic rings. The number of nitrogens with one attached hydrogen (secondary N) is 1. The SMILES string of the molecule is CNC(=O)C1CCCN1C(=O)N1CCCC(C(=O)O)C1. The number of nitrogens with zero attached hydrogens (tertiary/aromatic N) is 2. The number of carboxylic acids is 1. The molecule has 7 heteroatoms. The summed E-state index contributed by atoms with van der Waals surface area (Å²) in [5.41, 5.74) is 0. The van der Waals surface area contributed by atoms with Gasteiger partial charge in [0.1, 0.15) is 6.04 Å². The zero-order valence-corrected chi connectivity index (χ0v) is 11.7. The largest absolute Gasteiger partial charge is 0.481 e. The minimum absolute atomic E-state index is 0.150. The number of carbonyl (C=O) groups excluding carboxylic acids is 2. The molecule has 0 aliphatic carbocycles. The molecule has 0 spiro atoms. The van der Waals surface area contributed by atoms with E-state index in [0.717, 1.165) is 6.42 Å². The molecule has 112 valence electrons. The molecular weight excluding hydrogens is 262 g/mol. The maximum absolute atomic E-state index is 12.5. The summed E-state index contributed by atoms with van der Waals surface area (Å²) in [5.74, 6) is -1.50. The van der Waals surface area contributed by atoms with Gasteiger partial charge in [0.25, 0.3) is 0 Å². The lowest BCUT2D eigenvalue weighted by atomic mass is 9.98. The monoisotopic (exact) mass is 283 g/mol. The second-order valence-electron chi connectivity index (χ2n) is 5.37. The predicted molar refractivity (Wildman–Crippen MR) is 71.1 cm³/mol. The number of rotatable bonds is 2. The lowest BCUT2D eigenvalue weighted by molar-refractivity contribution is -0.143. The van der Waals surface area contributed by atoms with Gasteiger partial charge in [-0.05, 0) is 25.7 Å². The van der Waals surface area contributed by atoms with E-state index in [1.165, 1.54) is 0 Å². The van der Waals surface area contributed by atoms with Gasteiger partial charge in [0.2, 0.25) is 5.91 Å². The number of likely N-dealkylation sites (N-methyl/N-ethyl adjacent to an activating group) is 1. The van der Waals surface area contributed by atoms with Crippen LogP contribution in [0.15, 0.2) is 0 Å². The fraction of sp³-hybridized carbons (Fsp3) is 0.769. The molecule has 2 fully saturated rings. The molecule has 0 radical (unpaired) electrons. The zero-order chi connectivity index (χ0) is 14.7. The van der Waals surface area contributed by atoms with Gasteiger partial charge >= 0.3 is 12.0 Å². The maximum Gasteiger partial charge on any atom is 0.320 e. The van der Waals surface area contributed by atoms with Crippen LogP contribution < -0.4 is 5.32 Å². The van der Waals surface area contributed by atoms with Crippen LogP contribution in [0.5, 0.6) is 0 Å². The van der Waals surface area contributed by atoms with Crippen LogP contribution in [-0.2, 0) is 9.59 Å². The number of carbonyl (C=O) groups is 3. The Balaban J connectivity index is 2.02. The van der Waals surface area contributed by atoms with Gasteiger partial charge < -0.3 is 20.2 Å². The van der Waals surface area contributed by atoms with Crippen LogP contribution in [0.2, 0.25) is 0 Å². The minimum atomic E-state index is -0.855. The van der Waals surface area contributed by atoms with Gasteiger partial charge in [-0.15, -0.1) is 0 Å². The Bertz CT molecular complexity index is 412. The number of hydrogen-bond acceptors (Lipinski definition) is 3. The maximum atomic E-state index is 12.5. The third kappa shape index (κ3) is 2.86. The zero-order valence-electron chi connectivity index (χ0n) is 11.7. The van der Waals surface area contributed by atoms with Gasteiger partial charge in [-0.3, -0.25) is 9.59 Å². The van der Waals surface area contributed by atoms with Crippen molar-refractivity contribution in [2.24, 2.45) is 5.92 Å². The van der Waals surface area contributed by atoms with Crippen LogP contribution in [0.25, 0.3) is 0 Å². The van der Waals surface area contributed by atoms with Crippen molar-refractivity contribution in [3.63, 3.8) is 0 Å². The summed E-state index contributed by atoms with van der Waals surface area (Å²) in [7, 11) is 1.56. The molecular formula is C13H21N3O4. The van der Waals surface area contributed by atoms with Crippen LogP contribution in [0.3, 0.4) is 0 Å². The number of likely N-dealkylation sites (tertiary alicyclic amines) is 2. The Kier molecular flexibility index (Phi) is 4.46. The minimum Gasteiger partial charge on any atom is -0.481 e. The van der Waals surface area contributed by atoms with Gasteiger partial charge in [0.15, 0.2) is 0 Å².